The van der Waals surface area contributed by atoms with Crippen molar-refractivity contribution in [2.24, 2.45) is 0 Å². The summed E-state index contributed by atoms with van der Waals surface area (Å²) >= 11 is 0. The van der Waals surface area contributed by atoms with Crippen LogP contribution in [-0.2, 0) is 6.04 Å². The van der Waals surface area contributed by atoms with Crippen LogP contribution in [0.2, 0.25) is 0 Å². The van der Waals surface area contributed by atoms with Crippen LogP contribution in [0.5, 0.6) is 0 Å². The molecule has 0 aliphatic rings. The van der Waals surface area contributed by atoms with Crippen LogP contribution in [0.25, 0.3) is 0 Å². The van der Waals surface area contributed by atoms with E-state index in [1.165, 1.54) is 16.3 Å². The Bertz CT molecular complexity index is 403. The van der Waals surface area contributed by atoms with Crippen molar-refractivity contribution in [3.63, 3.8) is 0 Å². The molecule has 15 heavy (non-hydrogen) atoms. The highest BCUT2D eigenvalue weighted by molar-refractivity contribution is 6.52. The van der Waals surface area contributed by atoms with Crippen LogP contribution in [0.1, 0.15) is 11.1 Å². The van der Waals surface area contributed by atoms with Crippen LogP contribution in [-0.4, -0.2) is 9.52 Å². The van der Waals surface area contributed by atoms with E-state index in [0.29, 0.717) is 0 Å². The Labute approximate surface area is 93.8 Å². The second-order valence-electron chi connectivity index (χ2n) is 3.71. The second kappa shape index (κ2) is 4.94. The zero-order chi connectivity index (χ0) is 10.5. The molecule has 0 bridgehead atoms. The van der Waals surface area contributed by atoms with Gasteiger partial charge in [0.2, 0.25) is 0 Å². The summed E-state index contributed by atoms with van der Waals surface area (Å²) < 4.78 is 0. The zero-order valence-electron chi connectivity index (χ0n) is 8.90. The lowest BCUT2D eigenvalue weighted by molar-refractivity contribution is 1.39. The number of hydrogen-bond acceptors (Lipinski definition) is 0. The Morgan fingerprint density at radius 1 is 0.867 bits per heavy atom. The molecule has 0 aliphatic carbocycles. The average molecular weight is 210 g/mol. The summed E-state index contributed by atoms with van der Waals surface area (Å²) in [4.78, 5) is 0. The molecule has 0 saturated heterocycles. The summed E-state index contributed by atoms with van der Waals surface area (Å²) in [5.41, 5.74) is 2.76. The van der Waals surface area contributed by atoms with E-state index in [1.807, 2.05) is 0 Å². The molecule has 2 aromatic rings. The van der Waals surface area contributed by atoms with Gasteiger partial charge in [-0.05, 0) is 13.0 Å². The highest BCUT2D eigenvalue weighted by Crippen LogP contribution is 1.99. The van der Waals surface area contributed by atoms with E-state index >= 15 is 0 Å². The van der Waals surface area contributed by atoms with E-state index in [0.717, 1.165) is 15.6 Å². The molecule has 2 rings (SSSR count). The quantitative estimate of drug-likeness (QED) is 0.683. The summed E-state index contributed by atoms with van der Waals surface area (Å²) in [6, 6.07) is 20.7. The molecule has 0 nitrogen and oxygen atoms in total. The van der Waals surface area contributed by atoms with Crippen LogP contribution in [0.4, 0.5) is 0 Å². The normalized spacial score (nSPS) is 10.2. The summed E-state index contributed by atoms with van der Waals surface area (Å²) in [6.07, 6.45) is 0. The minimum atomic E-state index is 0.878. The molecule has 2 radical (unpaired) electrons. The smallest absolute Gasteiger partial charge is 0.0639 e. The Balaban J connectivity index is 1.96. The van der Waals surface area contributed by atoms with Crippen LogP contribution in [0.3, 0.4) is 0 Å². The number of benzene rings is 2. The molecule has 0 heterocycles. The van der Waals surface area contributed by atoms with Gasteiger partial charge in [-0.1, -0.05) is 70.9 Å². The van der Waals surface area contributed by atoms with Gasteiger partial charge in [-0.3, -0.25) is 0 Å². The van der Waals surface area contributed by atoms with E-state index in [2.05, 4.69) is 61.5 Å². The molecule has 0 atom stereocenters. The van der Waals surface area contributed by atoms with Crippen molar-refractivity contribution in [2.75, 3.05) is 0 Å². The molecule has 2 aromatic carbocycles. The third kappa shape index (κ3) is 3.06. The summed E-state index contributed by atoms with van der Waals surface area (Å²) in [6.45, 7) is 2.13. The molecular weight excluding hydrogens is 196 g/mol. The van der Waals surface area contributed by atoms with E-state index in [1.54, 1.807) is 0 Å². The molecule has 0 N–H and O–H groups in total. The first-order valence-electron chi connectivity index (χ1n) is 5.19. The average Bonchev–Trinajstić information content (AvgIpc) is 2.30. The molecule has 0 saturated carbocycles. The van der Waals surface area contributed by atoms with Gasteiger partial charge in [-0.2, -0.15) is 0 Å². The van der Waals surface area contributed by atoms with Crippen molar-refractivity contribution in [3.8, 4) is 0 Å². The van der Waals surface area contributed by atoms with Gasteiger partial charge in [0.25, 0.3) is 0 Å². The molecule has 0 amide bonds. The lowest BCUT2D eigenvalue weighted by atomic mass is 10.2. The summed E-state index contributed by atoms with van der Waals surface area (Å²) in [5, 5.41) is 1.45. The van der Waals surface area contributed by atoms with Gasteiger partial charge in [-0.25, -0.2) is 0 Å². The lowest BCUT2D eigenvalue weighted by Gasteiger charge is -2.01. The first kappa shape index (κ1) is 10.2. The molecule has 1 heteroatoms. The van der Waals surface area contributed by atoms with Crippen LogP contribution in [0, 0.1) is 6.92 Å². The fourth-order valence-corrected chi connectivity index (χ4v) is 2.52. The van der Waals surface area contributed by atoms with Gasteiger partial charge in [0.15, 0.2) is 0 Å². The van der Waals surface area contributed by atoms with E-state index < -0.39 is 0 Å². The minimum Gasteiger partial charge on any atom is -0.0639 e. The van der Waals surface area contributed by atoms with Crippen molar-refractivity contribution in [1.82, 2.24) is 0 Å². The second-order valence-corrected chi connectivity index (χ2v) is 4.99. The molecular formula is C14H14Si. The third-order valence-corrected chi connectivity index (χ3v) is 3.72. The van der Waals surface area contributed by atoms with Crippen molar-refractivity contribution in [3.05, 3.63) is 65.7 Å². The van der Waals surface area contributed by atoms with Crippen molar-refractivity contribution in [2.45, 2.75) is 13.0 Å². The Morgan fingerprint density at radius 3 is 2.20 bits per heavy atom. The van der Waals surface area contributed by atoms with Crippen molar-refractivity contribution < 1.29 is 0 Å². The van der Waals surface area contributed by atoms with Crippen molar-refractivity contribution >= 4 is 14.7 Å². The molecule has 0 unspecified atom stereocenters. The maximum Gasteiger partial charge on any atom is 0.0855 e. The summed E-state index contributed by atoms with van der Waals surface area (Å²) in [7, 11) is 0.878. The van der Waals surface area contributed by atoms with Crippen LogP contribution < -0.4 is 5.19 Å². The monoisotopic (exact) mass is 210 g/mol. The number of hydrogen-bond donors (Lipinski definition) is 0. The fraction of sp³-hybridized carbons (Fsp3) is 0.143. The van der Waals surface area contributed by atoms with Crippen LogP contribution >= 0.6 is 0 Å². The highest BCUT2D eigenvalue weighted by atomic mass is 28.2. The van der Waals surface area contributed by atoms with E-state index in [-0.39, 0.29) is 0 Å². The van der Waals surface area contributed by atoms with E-state index in [4.69, 9.17) is 0 Å². The standard InChI is InChI=1S/C14H14Si/c1-12-7-9-14(10-8-12)15-11-13-5-3-2-4-6-13/h2-10H,11H2,1H3. The van der Waals surface area contributed by atoms with E-state index in [9.17, 15) is 0 Å². The maximum absolute atomic E-state index is 2.23. The summed E-state index contributed by atoms with van der Waals surface area (Å²) in [5.74, 6) is 0. The maximum atomic E-state index is 2.23. The molecule has 0 aliphatic heterocycles. The van der Waals surface area contributed by atoms with Gasteiger partial charge in [0.1, 0.15) is 0 Å². The third-order valence-electron chi connectivity index (χ3n) is 2.39. The van der Waals surface area contributed by atoms with Crippen LogP contribution in [0.15, 0.2) is 54.6 Å². The number of rotatable bonds is 3. The first-order chi connectivity index (χ1) is 7.34. The topological polar surface area (TPSA) is 0 Å². The molecule has 0 spiro atoms. The minimum absolute atomic E-state index is 0.878. The Morgan fingerprint density at radius 2 is 1.53 bits per heavy atom. The van der Waals surface area contributed by atoms with Gasteiger partial charge in [0, 0.05) is 0 Å². The predicted molar refractivity (Wildman–Crippen MR) is 66.7 cm³/mol. The van der Waals surface area contributed by atoms with Gasteiger partial charge in [-0.15, -0.1) is 0 Å². The first-order valence-corrected chi connectivity index (χ1v) is 6.40. The fourth-order valence-electron chi connectivity index (χ4n) is 1.47. The molecule has 0 fully saturated rings. The Kier molecular flexibility index (Phi) is 3.35. The molecule has 0 aromatic heterocycles. The predicted octanol–water partition coefficient (Wildman–Crippen LogP) is 2.52. The Hall–Kier alpha value is -1.34. The SMILES string of the molecule is Cc1ccc([Si]Cc2ccccc2)cc1. The van der Waals surface area contributed by atoms with Crippen molar-refractivity contribution in [1.29, 1.82) is 0 Å². The molecule has 74 valence electrons. The number of aryl methyl sites for hydroxylation is 1. The zero-order valence-corrected chi connectivity index (χ0v) is 9.90. The highest BCUT2D eigenvalue weighted by Gasteiger charge is 1.96. The van der Waals surface area contributed by atoms with Gasteiger partial charge < -0.3 is 0 Å². The lowest BCUT2D eigenvalue weighted by Crippen LogP contribution is -2.16. The van der Waals surface area contributed by atoms with Gasteiger partial charge in [0.05, 0.1) is 9.52 Å². The largest absolute Gasteiger partial charge is 0.0855 e. The van der Waals surface area contributed by atoms with Gasteiger partial charge >= 0.3 is 0 Å².